The number of amides is 1. The molecular weight excluding hydrogens is 473 g/mol. The van der Waals surface area contributed by atoms with Crippen molar-refractivity contribution in [2.75, 3.05) is 16.3 Å². The first-order chi connectivity index (χ1) is 17.9. The Balaban J connectivity index is 1.42. The fourth-order valence-electron chi connectivity index (χ4n) is 5.03. The van der Waals surface area contributed by atoms with Gasteiger partial charge in [0.15, 0.2) is 0 Å². The van der Waals surface area contributed by atoms with E-state index in [0.29, 0.717) is 16.6 Å². The summed E-state index contributed by atoms with van der Waals surface area (Å²) in [5, 5.41) is 1.32. The summed E-state index contributed by atoms with van der Waals surface area (Å²) in [5.74, 6) is -0.619. The predicted octanol–water partition coefficient (Wildman–Crippen LogP) is 8.50. The van der Waals surface area contributed by atoms with Crippen LogP contribution in [0.25, 0.3) is 21.9 Å². The fraction of sp³-hybridized carbons (Fsp3) is 0.0645. The molecule has 1 heterocycles. The number of rotatable bonds is 5. The van der Waals surface area contributed by atoms with Gasteiger partial charge in [-0.15, -0.1) is 0 Å². The third-order valence-corrected chi connectivity index (χ3v) is 6.59. The van der Waals surface area contributed by atoms with Crippen LogP contribution in [0.4, 0.5) is 35.9 Å². The average Bonchev–Trinajstić information content (AvgIpc) is 3.17. The van der Waals surface area contributed by atoms with Crippen molar-refractivity contribution < 1.29 is 18.0 Å². The van der Waals surface area contributed by atoms with Crippen molar-refractivity contribution in [3.8, 4) is 11.1 Å². The van der Waals surface area contributed by atoms with Gasteiger partial charge in [-0.3, -0.25) is 9.69 Å². The molecule has 0 saturated heterocycles. The number of benzene rings is 5. The number of hydrogen-bond acceptors (Lipinski definition) is 2. The van der Waals surface area contributed by atoms with Crippen molar-refractivity contribution in [2.45, 2.75) is 6.18 Å². The second-order valence-electron chi connectivity index (χ2n) is 8.92. The van der Waals surface area contributed by atoms with Crippen LogP contribution in [-0.2, 0) is 0 Å². The van der Waals surface area contributed by atoms with Crippen LogP contribution in [0.1, 0.15) is 10.4 Å². The normalized spacial score (nSPS) is 12.8. The maximum atomic E-state index is 13.2. The first-order valence-electron chi connectivity index (χ1n) is 11.9. The highest BCUT2D eigenvalue weighted by atomic mass is 19.4. The van der Waals surface area contributed by atoms with Crippen LogP contribution >= 0.6 is 0 Å². The van der Waals surface area contributed by atoms with Crippen molar-refractivity contribution in [2.24, 2.45) is 0 Å². The Morgan fingerprint density at radius 3 is 1.81 bits per heavy atom. The summed E-state index contributed by atoms with van der Waals surface area (Å²) in [4.78, 5) is 15.8. The third-order valence-electron chi connectivity index (χ3n) is 6.59. The van der Waals surface area contributed by atoms with Crippen molar-refractivity contribution in [1.29, 1.82) is 0 Å². The summed E-state index contributed by atoms with van der Waals surface area (Å²) >= 11 is 0. The van der Waals surface area contributed by atoms with Gasteiger partial charge < -0.3 is 4.90 Å². The second-order valence-corrected chi connectivity index (χ2v) is 8.92. The molecule has 0 N–H and O–H groups in total. The summed E-state index contributed by atoms with van der Waals surface area (Å²) in [7, 11) is 0. The van der Waals surface area contributed by atoms with Gasteiger partial charge in [-0.05, 0) is 65.0 Å². The molecular formula is C31H21F3N2O. The van der Waals surface area contributed by atoms with Crippen molar-refractivity contribution >= 4 is 39.4 Å². The molecule has 0 unspecified atom stereocenters. The molecule has 37 heavy (non-hydrogen) atoms. The van der Waals surface area contributed by atoms with E-state index in [9.17, 15) is 18.0 Å². The second kappa shape index (κ2) is 8.82. The standard InChI is InChI=1S/C31H21F3N2O/c32-31(33,34)20-35-28-19-18-25(26-12-7-13-27(29(26)28)30(35)37)21-14-16-24(17-15-21)36(22-8-3-1-4-9-22)23-10-5-2-6-11-23/h1-19H,20H2. The van der Waals surface area contributed by atoms with Crippen molar-refractivity contribution in [3.05, 3.63) is 121 Å². The molecule has 0 bridgehead atoms. The topological polar surface area (TPSA) is 23.6 Å². The van der Waals surface area contributed by atoms with Gasteiger partial charge in [0.05, 0.1) is 5.69 Å². The molecule has 0 radical (unpaired) electrons. The first kappa shape index (κ1) is 22.9. The van der Waals surface area contributed by atoms with E-state index in [4.69, 9.17) is 0 Å². The van der Waals surface area contributed by atoms with E-state index < -0.39 is 18.6 Å². The number of halogens is 3. The molecule has 5 aromatic carbocycles. The lowest BCUT2D eigenvalue weighted by Gasteiger charge is -2.25. The van der Waals surface area contributed by atoms with Crippen LogP contribution in [0.3, 0.4) is 0 Å². The number of alkyl halides is 3. The first-order valence-corrected chi connectivity index (χ1v) is 11.9. The third kappa shape index (κ3) is 4.10. The minimum atomic E-state index is -4.48. The molecule has 1 aliphatic rings. The molecule has 0 spiro atoms. The number of para-hydroxylation sites is 2. The molecule has 0 fully saturated rings. The molecule has 3 nitrogen and oxygen atoms in total. The van der Waals surface area contributed by atoms with Crippen LogP contribution in [0.15, 0.2) is 115 Å². The zero-order valence-electron chi connectivity index (χ0n) is 19.6. The van der Waals surface area contributed by atoms with E-state index in [-0.39, 0.29) is 0 Å². The molecule has 1 amide bonds. The summed E-state index contributed by atoms with van der Waals surface area (Å²) in [6.45, 7) is -1.31. The number of hydrogen-bond donors (Lipinski definition) is 0. The monoisotopic (exact) mass is 494 g/mol. The molecule has 182 valence electrons. The Morgan fingerprint density at radius 2 is 1.22 bits per heavy atom. The van der Waals surface area contributed by atoms with Gasteiger partial charge >= 0.3 is 6.18 Å². The lowest BCUT2D eigenvalue weighted by atomic mass is 9.95. The highest BCUT2D eigenvalue weighted by molar-refractivity contribution is 6.26. The number of anilines is 4. The minimum Gasteiger partial charge on any atom is -0.311 e. The highest BCUT2D eigenvalue weighted by Gasteiger charge is 2.39. The van der Waals surface area contributed by atoms with Gasteiger partial charge in [-0.25, -0.2) is 0 Å². The van der Waals surface area contributed by atoms with Crippen LogP contribution in [0, 0.1) is 0 Å². The summed E-state index contributed by atoms with van der Waals surface area (Å²) < 4.78 is 39.5. The van der Waals surface area contributed by atoms with E-state index >= 15 is 0 Å². The molecule has 5 aromatic rings. The van der Waals surface area contributed by atoms with Crippen LogP contribution in [0.5, 0.6) is 0 Å². The number of carbonyl (C=O) groups is 1. The lowest BCUT2D eigenvalue weighted by Crippen LogP contribution is -2.36. The predicted molar refractivity (Wildman–Crippen MR) is 142 cm³/mol. The zero-order valence-corrected chi connectivity index (χ0v) is 19.6. The molecule has 0 saturated carbocycles. The van der Waals surface area contributed by atoms with Crippen molar-refractivity contribution in [3.63, 3.8) is 0 Å². The molecule has 6 rings (SSSR count). The maximum absolute atomic E-state index is 13.2. The molecule has 0 aromatic heterocycles. The minimum absolute atomic E-state index is 0.299. The molecule has 1 aliphatic heterocycles. The highest BCUT2D eigenvalue weighted by Crippen LogP contribution is 2.43. The smallest absolute Gasteiger partial charge is 0.311 e. The van der Waals surface area contributed by atoms with E-state index in [0.717, 1.165) is 38.5 Å². The van der Waals surface area contributed by atoms with Gasteiger partial charge in [0.1, 0.15) is 6.54 Å². The summed E-state index contributed by atoms with van der Waals surface area (Å²) in [6.07, 6.45) is -4.48. The Labute approximate surface area is 212 Å². The Hall–Kier alpha value is -4.58. The quantitative estimate of drug-likeness (QED) is 0.245. The van der Waals surface area contributed by atoms with Gasteiger partial charge in [-0.2, -0.15) is 13.2 Å². The summed E-state index contributed by atoms with van der Waals surface area (Å²) in [5.41, 5.74) is 5.39. The van der Waals surface area contributed by atoms with E-state index in [1.165, 1.54) is 0 Å². The van der Waals surface area contributed by atoms with Gasteiger partial charge in [0, 0.05) is 28.0 Å². The van der Waals surface area contributed by atoms with Crippen LogP contribution < -0.4 is 9.80 Å². The van der Waals surface area contributed by atoms with Gasteiger partial charge in [0.25, 0.3) is 5.91 Å². The number of carbonyl (C=O) groups excluding carboxylic acids is 1. The van der Waals surface area contributed by atoms with E-state index in [2.05, 4.69) is 4.90 Å². The van der Waals surface area contributed by atoms with Crippen LogP contribution in [-0.4, -0.2) is 18.6 Å². The molecule has 0 atom stereocenters. The Bertz CT molecular complexity index is 1560. The Morgan fingerprint density at radius 1 is 0.622 bits per heavy atom. The zero-order chi connectivity index (χ0) is 25.6. The molecule has 0 aliphatic carbocycles. The largest absolute Gasteiger partial charge is 0.406 e. The van der Waals surface area contributed by atoms with E-state index in [1.807, 2.05) is 91.0 Å². The Kier molecular flexibility index (Phi) is 5.45. The van der Waals surface area contributed by atoms with Crippen molar-refractivity contribution in [1.82, 2.24) is 0 Å². The maximum Gasteiger partial charge on any atom is 0.406 e. The lowest BCUT2D eigenvalue weighted by molar-refractivity contribution is -0.118. The van der Waals surface area contributed by atoms with Gasteiger partial charge in [0.2, 0.25) is 0 Å². The average molecular weight is 495 g/mol. The molecule has 6 heteroatoms. The number of nitrogens with zero attached hydrogens (tertiary/aromatic N) is 2. The SMILES string of the molecule is O=C1c2cccc3c(-c4ccc(N(c5ccccc5)c5ccccc5)cc4)ccc(c23)N1CC(F)(F)F. The van der Waals surface area contributed by atoms with Gasteiger partial charge in [-0.1, -0.05) is 66.7 Å². The van der Waals surface area contributed by atoms with E-state index in [1.54, 1.807) is 24.3 Å². The fourth-order valence-corrected chi connectivity index (χ4v) is 5.03. The van der Waals surface area contributed by atoms with Crippen LogP contribution in [0.2, 0.25) is 0 Å². The summed E-state index contributed by atoms with van der Waals surface area (Å²) in [6, 6.07) is 36.8.